The molecule has 2 aromatic heterocycles. The molecule has 9 nitrogen and oxygen atoms in total. The van der Waals surface area contributed by atoms with E-state index in [1.54, 1.807) is 32.0 Å². The second kappa shape index (κ2) is 8.47. The van der Waals surface area contributed by atoms with Crippen LogP contribution >= 0.6 is 0 Å². The van der Waals surface area contributed by atoms with Gasteiger partial charge in [-0.05, 0) is 57.2 Å². The number of benzene rings is 2. The van der Waals surface area contributed by atoms with Crippen LogP contribution in [0.3, 0.4) is 0 Å². The van der Waals surface area contributed by atoms with Gasteiger partial charge in [0.1, 0.15) is 17.2 Å². The molecule has 2 heterocycles. The van der Waals surface area contributed by atoms with Crippen LogP contribution in [-0.2, 0) is 10.0 Å². The molecule has 0 aliphatic carbocycles. The van der Waals surface area contributed by atoms with E-state index in [0.29, 0.717) is 28.2 Å². The highest BCUT2D eigenvalue weighted by atomic mass is 32.2. The van der Waals surface area contributed by atoms with Gasteiger partial charge in [0, 0.05) is 23.5 Å². The number of hydrogen-bond acceptors (Lipinski definition) is 7. The molecule has 168 valence electrons. The molecule has 0 bridgehead atoms. The molecular weight excluding hydrogens is 444 g/mol. The van der Waals surface area contributed by atoms with E-state index in [4.69, 9.17) is 4.42 Å². The molecule has 4 rings (SSSR count). The lowest BCUT2D eigenvalue weighted by Gasteiger charge is -2.10. The molecule has 4 aromatic rings. The summed E-state index contributed by atoms with van der Waals surface area (Å²) >= 11 is 0. The van der Waals surface area contributed by atoms with Crippen LogP contribution in [0.2, 0.25) is 0 Å². The Morgan fingerprint density at radius 2 is 1.67 bits per heavy atom. The molecule has 0 atom stereocenters. The van der Waals surface area contributed by atoms with E-state index >= 15 is 0 Å². The normalized spacial score (nSPS) is 11.4. The Hall–Kier alpha value is -4.05. The van der Waals surface area contributed by atoms with Crippen molar-refractivity contribution in [2.75, 3.05) is 10.0 Å². The Morgan fingerprint density at radius 3 is 2.36 bits per heavy atom. The summed E-state index contributed by atoms with van der Waals surface area (Å²) < 4.78 is 33.3. The van der Waals surface area contributed by atoms with Crippen molar-refractivity contribution < 1.29 is 17.6 Å². The summed E-state index contributed by atoms with van der Waals surface area (Å²) in [5.74, 6) is -0.167. The van der Waals surface area contributed by atoms with E-state index in [-0.39, 0.29) is 21.9 Å². The van der Waals surface area contributed by atoms with Gasteiger partial charge in [-0.1, -0.05) is 11.6 Å². The van der Waals surface area contributed by atoms with Crippen molar-refractivity contribution in [3.05, 3.63) is 87.7 Å². The Balaban J connectivity index is 1.52. The number of aryl methyl sites for hydroxylation is 3. The second-order valence-electron chi connectivity index (χ2n) is 7.50. The predicted molar refractivity (Wildman–Crippen MR) is 124 cm³/mol. The highest BCUT2D eigenvalue weighted by molar-refractivity contribution is 7.92. The van der Waals surface area contributed by atoms with Crippen LogP contribution in [-0.4, -0.2) is 24.3 Å². The fraction of sp³-hybridized carbons (Fsp3) is 0.130. The lowest BCUT2D eigenvalue weighted by atomic mass is 10.1. The van der Waals surface area contributed by atoms with Crippen molar-refractivity contribution in [1.82, 2.24) is 9.97 Å². The third-order valence-corrected chi connectivity index (χ3v) is 6.10. The molecule has 0 spiro atoms. The molecule has 0 fully saturated rings. The predicted octanol–water partition coefficient (Wildman–Crippen LogP) is 3.56. The van der Waals surface area contributed by atoms with Gasteiger partial charge in [-0.3, -0.25) is 14.3 Å². The Labute approximate surface area is 189 Å². The zero-order valence-corrected chi connectivity index (χ0v) is 18.9. The Kier molecular flexibility index (Phi) is 5.69. The number of amides is 1. The minimum absolute atomic E-state index is 0.0120. The zero-order valence-electron chi connectivity index (χ0n) is 18.0. The number of carbonyl (C=O) groups is 1. The first-order chi connectivity index (χ1) is 15.6. The van der Waals surface area contributed by atoms with Crippen LogP contribution < -0.4 is 15.5 Å². The van der Waals surface area contributed by atoms with Crippen LogP contribution in [0.25, 0.3) is 11.0 Å². The summed E-state index contributed by atoms with van der Waals surface area (Å²) in [7, 11) is -3.89. The van der Waals surface area contributed by atoms with Crippen LogP contribution in [0.5, 0.6) is 0 Å². The van der Waals surface area contributed by atoms with Crippen molar-refractivity contribution in [1.29, 1.82) is 0 Å². The van der Waals surface area contributed by atoms with E-state index < -0.39 is 15.9 Å². The molecule has 33 heavy (non-hydrogen) atoms. The van der Waals surface area contributed by atoms with Crippen molar-refractivity contribution >= 4 is 38.4 Å². The van der Waals surface area contributed by atoms with Crippen LogP contribution in [0.15, 0.2) is 68.7 Å². The van der Waals surface area contributed by atoms with E-state index in [1.807, 2.05) is 6.92 Å². The number of rotatable bonds is 5. The summed E-state index contributed by atoms with van der Waals surface area (Å²) in [5, 5.41) is 2.99. The smallest absolute Gasteiger partial charge is 0.291 e. The molecule has 1 amide bonds. The lowest BCUT2D eigenvalue weighted by Crippen LogP contribution is -2.16. The van der Waals surface area contributed by atoms with Gasteiger partial charge >= 0.3 is 0 Å². The molecule has 2 N–H and O–H groups in total. The largest absolute Gasteiger partial charge is 0.451 e. The average Bonchev–Trinajstić information content (AvgIpc) is 2.73. The van der Waals surface area contributed by atoms with Gasteiger partial charge in [-0.25, -0.2) is 18.4 Å². The van der Waals surface area contributed by atoms with Gasteiger partial charge in [0.2, 0.25) is 0 Å². The number of sulfonamides is 1. The second-order valence-corrected chi connectivity index (χ2v) is 9.18. The highest BCUT2D eigenvalue weighted by Crippen LogP contribution is 2.19. The molecule has 0 radical (unpaired) electrons. The average molecular weight is 465 g/mol. The zero-order chi connectivity index (χ0) is 23.8. The van der Waals surface area contributed by atoms with E-state index in [9.17, 15) is 18.0 Å². The molecule has 2 aromatic carbocycles. The fourth-order valence-corrected chi connectivity index (χ4v) is 4.25. The Bertz CT molecular complexity index is 1520. The number of nitrogens with one attached hydrogen (secondary N) is 2. The Morgan fingerprint density at radius 1 is 0.939 bits per heavy atom. The molecular formula is C23H20N4O5S. The molecule has 0 aliphatic rings. The van der Waals surface area contributed by atoms with Crippen molar-refractivity contribution in [3.63, 3.8) is 0 Å². The first-order valence-electron chi connectivity index (χ1n) is 9.92. The monoisotopic (exact) mass is 464 g/mol. The summed E-state index contributed by atoms with van der Waals surface area (Å²) in [4.78, 5) is 33.1. The van der Waals surface area contributed by atoms with Gasteiger partial charge in [0.15, 0.2) is 11.2 Å². The van der Waals surface area contributed by atoms with Crippen molar-refractivity contribution in [3.8, 4) is 0 Å². The maximum Gasteiger partial charge on any atom is 0.291 e. The fourth-order valence-electron chi connectivity index (χ4n) is 3.26. The summed E-state index contributed by atoms with van der Waals surface area (Å²) in [6.45, 7) is 5.26. The number of carbonyl (C=O) groups excluding carboxylic acids is 1. The highest BCUT2D eigenvalue weighted by Gasteiger charge is 2.17. The number of anilines is 2. The molecule has 10 heteroatoms. The van der Waals surface area contributed by atoms with Crippen molar-refractivity contribution in [2.45, 2.75) is 25.7 Å². The van der Waals surface area contributed by atoms with Crippen molar-refractivity contribution in [2.24, 2.45) is 0 Å². The molecule has 0 saturated heterocycles. The summed E-state index contributed by atoms with van der Waals surface area (Å²) in [5.41, 5.74) is 1.85. The third-order valence-electron chi connectivity index (χ3n) is 4.73. The minimum Gasteiger partial charge on any atom is -0.451 e. The van der Waals surface area contributed by atoms with Gasteiger partial charge in [0.25, 0.3) is 15.9 Å². The molecule has 0 saturated carbocycles. The number of hydrogen-bond donors (Lipinski definition) is 2. The first kappa shape index (κ1) is 22.2. The topological polar surface area (TPSA) is 131 Å². The van der Waals surface area contributed by atoms with Crippen LogP contribution in [0.4, 0.5) is 11.5 Å². The lowest BCUT2D eigenvalue weighted by molar-refractivity contribution is 0.0997. The van der Waals surface area contributed by atoms with Crippen LogP contribution in [0.1, 0.15) is 27.6 Å². The standard InChI is InChI=1S/C23H20N4O5S/c1-13-4-9-20-18(10-13)19(28)12-21(32-20)23(29)26-16-5-7-17(8-6-16)33(30,31)27-22-11-14(2)24-15(3)25-22/h4-12H,1-3H3,(H,26,29)(H,24,25,27). The van der Waals surface area contributed by atoms with Gasteiger partial charge < -0.3 is 9.73 Å². The summed E-state index contributed by atoms with van der Waals surface area (Å²) in [6, 6.07) is 13.3. The number of nitrogens with zero attached hydrogens (tertiary/aromatic N) is 2. The van der Waals surface area contributed by atoms with Gasteiger partial charge in [0.05, 0.1) is 10.3 Å². The van der Waals surface area contributed by atoms with Crippen LogP contribution in [0, 0.1) is 20.8 Å². The number of fused-ring (bicyclic) bond motifs is 1. The van der Waals surface area contributed by atoms with Gasteiger partial charge in [-0.2, -0.15) is 0 Å². The minimum atomic E-state index is -3.89. The summed E-state index contributed by atoms with van der Waals surface area (Å²) in [6.07, 6.45) is 0. The number of aromatic nitrogens is 2. The van der Waals surface area contributed by atoms with E-state index in [1.165, 1.54) is 30.3 Å². The molecule has 0 aliphatic heterocycles. The quantitative estimate of drug-likeness (QED) is 0.462. The van der Waals surface area contributed by atoms with E-state index in [2.05, 4.69) is 20.0 Å². The maximum atomic E-state index is 12.7. The SMILES string of the molecule is Cc1ccc2oc(C(=O)Nc3ccc(S(=O)(=O)Nc4cc(C)nc(C)n4)cc3)cc(=O)c2c1. The first-order valence-corrected chi connectivity index (χ1v) is 11.4. The maximum absolute atomic E-state index is 12.7. The molecule has 0 unspecified atom stereocenters. The van der Waals surface area contributed by atoms with Gasteiger partial charge in [-0.15, -0.1) is 0 Å². The van der Waals surface area contributed by atoms with E-state index in [0.717, 1.165) is 11.6 Å². The third kappa shape index (κ3) is 4.90.